The number of hydrogen-bond acceptors (Lipinski definition) is 3. The average Bonchev–Trinajstić information content (AvgIpc) is 2.39. The molecule has 1 saturated heterocycles. The Labute approximate surface area is 103 Å². The summed E-state index contributed by atoms with van der Waals surface area (Å²) in [6.45, 7) is 6.88. The van der Waals surface area contributed by atoms with Crippen molar-refractivity contribution in [3.8, 4) is 0 Å². The van der Waals surface area contributed by atoms with Gasteiger partial charge in [0.2, 0.25) is 0 Å². The van der Waals surface area contributed by atoms with Crippen molar-refractivity contribution < 1.29 is 0 Å². The van der Waals surface area contributed by atoms with Gasteiger partial charge in [0.1, 0.15) is 0 Å². The summed E-state index contributed by atoms with van der Waals surface area (Å²) in [5.41, 5.74) is 2.81. The Morgan fingerprint density at radius 2 is 1.94 bits per heavy atom. The number of fused-ring (bicyclic) bond motifs is 1. The van der Waals surface area contributed by atoms with E-state index >= 15 is 0 Å². The van der Waals surface area contributed by atoms with Crippen molar-refractivity contribution in [1.82, 2.24) is 10.2 Å². The van der Waals surface area contributed by atoms with E-state index in [1.165, 1.54) is 30.8 Å². The summed E-state index contributed by atoms with van der Waals surface area (Å²) in [6, 6.07) is 9.94. The lowest BCUT2D eigenvalue weighted by atomic mass is 9.92. The fraction of sp³-hybridized carbons (Fsp3) is 0.571. The average molecular weight is 231 g/mol. The molecule has 17 heavy (non-hydrogen) atoms. The third-order valence-electron chi connectivity index (χ3n) is 3.89. The maximum absolute atomic E-state index is 3.59. The Hall–Kier alpha value is -1.06. The Morgan fingerprint density at radius 1 is 1.18 bits per heavy atom. The first-order valence-electron chi connectivity index (χ1n) is 6.65. The fourth-order valence-corrected chi connectivity index (χ4v) is 3.04. The molecule has 2 N–H and O–H groups in total. The Balaban J connectivity index is 1.88. The number of piperazine rings is 1. The number of nitrogens with zero attached hydrogens (tertiary/aromatic N) is 1. The minimum absolute atomic E-state index is 0.574. The molecular weight excluding hydrogens is 210 g/mol. The maximum Gasteiger partial charge on any atom is 0.0390 e. The lowest BCUT2D eigenvalue weighted by molar-refractivity contribution is 0.159. The van der Waals surface area contributed by atoms with E-state index in [0.29, 0.717) is 12.1 Å². The number of anilines is 1. The zero-order chi connectivity index (χ0) is 11.7. The molecule has 2 atom stereocenters. The minimum Gasteiger partial charge on any atom is -0.382 e. The molecule has 3 heteroatoms. The monoisotopic (exact) mass is 231 g/mol. The van der Waals surface area contributed by atoms with Crippen LogP contribution in [0, 0.1) is 0 Å². The molecule has 0 spiro atoms. The van der Waals surface area contributed by atoms with Gasteiger partial charge in [-0.2, -0.15) is 0 Å². The van der Waals surface area contributed by atoms with Gasteiger partial charge < -0.3 is 10.6 Å². The predicted octanol–water partition coefficient (Wildman–Crippen LogP) is 1.84. The van der Waals surface area contributed by atoms with Crippen LogP contribution in [0.25, 0.3) is 0 Å². The van der Waals surface area contributed by atoms with Gasteiger partial charge in [-0.15, -0.1) is 0 Å². The van der Waals surface area contributed by atoms with Crippen molar-refractivity contribution in [3.05, 3.63) is 29.8 Å². The van der Waals surface area contributed by atoms with Gasteiger partial charge in [0.15, 0.2) is 0 Å². The number of para-hydroxylation sites is 1. The van der Waals surface area contributed by atoms with Crippen molar-refractivity contribution in [2.45, 2.75) is 25.4 Å². The van der Waals surface area contributed by atoms with Crippen molar-refractivity contribution >= 4 is 5.69 Å². The largest absolute Gasteiger partial charge is 0.382 e. The van der Waals surface area contributed by atoms with Crippen molar-refractivity contribution in [2.75, 3.05) is 31.5 Å². The first kappa shape index (κ1) is 11.1. The molecular formula is C14H21N3. The Morgan fingerprint density at radius 3 is 2.76 bits per heavy atom. The summed E-state index contributed by atoms with van der Waals surface area (Å²) >= 11 is 0. The van der Waals surface area contributed by atoms with Crippen LogP contribution < -0.4 is 10.6 Å². The fourth-order valence-electron chi connectivity index (χ4n) is 3.04. The van der Waals surface area contributed by atoms with Crippen LogP contribution >= 0.6 is 0 Å². The molecule has 0 bridgehead atoms. The molecule has 0 radical (unpaired) electrons. The maximum atomic E-state index is 3.59. The molecule has 3 rings (SSSR count). The minimum atomic E-state index is 0.574. The number of rotatable bonds is 1. The lowest BCUT2D eigenvalue weighted by Crippen LogP contribution is -2.47. The highest BCUT2D eigenvalue weighted by Crippen LogP contribution is 2.36. The zero-order valence-corrected chi connectivity index (χ0v) is 10.4. The van der Waals surface area contributed by atoms with Gasteiger partial charge in [-0.3, -0.25) is 4.90 Å². The normalized spacial score (nSPS) is 29.5. The highest BCUT2D eigenvalue weighted by atomic mass is 15.2. The van der Waals surface area contributed by atoms with Crippen LogP contribution in [0.15, 0.2) is 24.3 Å². The number of hydrogen-bond donors (Lipinski definition) is 2. The van der Waals surface area contributed by atoms with Crippen LogP contribution in [-0.2, 0) is 0 Å². The summed E-state index contributed by atoms with van der Waals surface area (Å²) < 4.78 is 0. The van der Waals surface area contributed by atoms with Crippen molar-refractivity contribution in [3.63, 3.8) is 0 Å². The molecule has 2 aliphatic rings. The van der Waals surface area contributed by atoms with Crippen molar-refractivity contribution in [2.24, 2.45) is 0 Å². The van der Waals surface area contributed by atoms with Crippen LogP contribution in [0.3, 0.4) is 0 Å². The second-order valence-corrected chi connectivity index (χ2v) is 5.17. The third kappa shape index (κ3) is 2.17. The van der Waals surface area contributed by atoms with E-state index in [4.69, 9.17) is 0 Å². The van der Waals surface area contributed by atoms with Crippen LogP contribution in [-0.4, -0.2) is 37.1 Å². The second kappa shape index (κ2) is 4.67. The molecule has 0 aliphatic carbocycles. The Bertz CT molecular complexity index is 385. The molecule has 0 saturated carbocycles. The number of benzene rings is 1. The van der Waals surface area contributed by atoms with E-state index in [1.54, 1.807) is 0 Å². The first-order valence-corrected chi connectivity index (χ1v) is 6.65. The molecule has 2 aliphatic heterocycles. The summed E-state index contributed by atoms with van der Waals surface area (Å²) in [6.07, 6.45) is 1.22. The second-order valence-electron chi connectivity index (χ2n) is 5.17. The topological polar surface area (TPSA) is 27.3 Å². The van der Waals surface area contributed by atoms with Crippen LogP contribution in [0.2, 0.25) is 0 Å². The smallest absolute Gasteiger partial charge is 0.0390 e. The highest BCUT2D eigenvalue weighted by molar-refractivity contribution is 5.55. The summed E-state index contributed by atoms with van der Waals surface area (Å²) in [5.74, 6) is 0. The van der Waals surface area contributed by atoms with E-state index < -0.39 is 0 Å². The summed E-state index contributed by atoms with van der Waals surface area (Å²) in [4.78, 5) is 2.63. The molecule has 2 heterocycles. The quantitative estimate of drug-likeness (QED) is 0.772. The molecule has 0 amide bonds. The van der Waals surface area contributed by atoms with Crippen molar-refractivity contribution in [1.29, 1.82) is 0 Å². The van der Waals surface area contributed by atoms with Gasteiger partial charge in [0, 0.05) is 44.0 Å². The molecule has 2 unspecified atom stereocenters. The standard InChI is InChI=1S/C14H21N3/c1-11-10-14(17-8-6-15-7-9-17)12-4-2-3-5-13(12)16-11/h2-5,11,14-16H,6-10H2,1H3. The van der Waals surface area contributed by atoms with Crippen LogP contribution in [0.5, 0.6) is 0 Å². The molecule has 0 aromatic heterocycles. The van der Waals surface area contributed by atoms with E-state index in [-0.39, 0.29) is 0 Å². The Kier molecular flexibility index (Phi) is 3.04. The van der Waals surface area contributed by atoms with Crippen LogP contribution in [0.1, 0.15) is 24.9 Å². The molecule has 92 valence electrons. The number of nitrogens with one attached hydrogen (secondary N) is 2. The predicted molar refractivity (Wildman–Crippen MR) is 71.3 cm³/mol. The van der Waals surface area contributed by atoms with Gasteiger partial charge in [0.05, 0.1) is 0 Å². The van der Waals surface area contributed by atoms with Gasteiger partial charge >= 0.3 is 0 Å². The SMILES string of the molecule is CC1CC(N2CCNCC2)c2ccccc2N1. The molecule has 1 fully saturated rings. The molecule has 3 nitrogen and oxygen atoms in total. The van der Waals surface area contributed by atoms with Gasteiger partial charge in [-0.25, -0.2) is 0 Å². The van der Waals surface area contributed by atoms with E-state index in [1.807, 2.05) is 0 Å². The highest BCUT2D eigenvalue weighted by Gasteiger charge is 2.29. The van der Waals surface area contributed by atoms with Gasteiger partial charge in [0.25, 0.3) is 0 Å². The van der Waals surface area contributed by atoms with E-state index in [2.05, 4.69) is 46.7 Å². The summed E-state index contributed by atoms with van der Waals surface area (Å²) in [5, 5.41) is 7.02. The van der Waals surface area contributed by atoms with E-state index in [9.17, 15) is 0 Å². The first-order chi connectivity index (χ1) is 8.34. The lowest BCUT2D eigenvalue weighted by Gasteiger charge is -2.40. The third-order valence-corrected chi connectivity index (χ3v) is 3.89. The van der Waals surface area contributed by atoms with Gasteiger partial charge in [-0.05, 0) is 25.0 Å². The van der Waals surface area contributed by atoms with Crippen LogP contribution in [0.4, 0.5) is 5.69 Å². The zero-order valence-electron chi connectivity index (χ0n) is 10.4. The molecule has 1 aromatic carbocycles. The summed E-state index contributed by atoms with van der Waals surface area (Å²) in [7, 11) is 0. The molecule has 1 aromatic rings. The van der Waals surface area contributed by atoms with E-state index in [0.717, 1.165) is 13.1 Å². The van der Waals surface area contributed by atoms with Gasteiger partial charge in [-0.1, -0.05) is 18.2 Å².